The van der Waals surface area contributed by atoms with Crippen molar-refractivity contribution in [2.75, 3.05) is 25.0 Å². The van der Waals surface area contributed by atoms with E-state index in [1.807, 2.05) is 4.57 Å². The van der Waals surface area contributed by atoms with Gasteiger partial charge in [0.1, 0.15) is 11.6 Å². The Kier molecular flexibility index (Phi) is 4.39. The Hall–Kier alpha value is -2.42. The number of hydrogen-bond acceptors (Lipinski definition) is 6. The lowest BCUT2D eigenvalue weighted by molar-refractivity contribution is -0.117. The summed E-state index contributed by atoms with van der Waals surface area (Å²) in [6.07, 6.45) is 3.94. The van der Waals surface area contributed by atoms with E-state index in [-0.39, 0.29) is 17.5 Å². The van der Waals surface area contributed by atoms with Crippen LogP contribution in [0.4, 0.5) is 5.82 Å². The van der Waals surface area contributed by atoms with E-state index in [1.54, 1.807) is 20.0 Å². The molecular weight excluding hydrogens is 336 g/mol. The minimum absolute atomic E-state index is 0.00721. The average Bonchev–Trinajstić information content (AvgIpc) is 3.30. The van der Waals surface area contributed by atoms with Crippen LogP contribution in [0.15, 0.2) is 15.4 Å². The summed E-state index contributed by atoms with van der Waals surface area (Å²) in [5.41, 5.74) is -0.00721. The molecule has 9 heteroatoms. The third kappa shape index (κ3) is 3.44. The number of rotatable bonds is 5. The summed E-state index contributed by atoms with van der Waals surface area (Å²) in [6.45, 7) is 3.74. The molecule has 1 saturated heterocycles. The number of aromatic nitrogens is 4. The first kappa shape index (κ1) is 17.0. The maximum atomic E-state index is 12.3. The first-order chi connectivity index (χ1) is 12.5. The summed E-state index contributed by atoms with van der Waals surface area (Å²) in [4.78, 5) is 26.6. The van der Waals surface area contributed by atoms with Gasteiger partial charge in [-0.2, -0.15) is 5.10 Å². The fraction of sp³-hybridized carbons (Fsp3) is 0.647. The number of piperidine rings is 1. The molecule has 26 heavy (non-hydrogen) atoms. The molecule has 4 rings (SSSR count). The van der Waals surface area contributed by atoms with Gasteiger partial charge in [0.25, 0.3) is 0 Å². The summed E-state index contributed by atoms with van der Waals surface area (Å²) < 4.78 is 8.29. The second-order valence-corrected chi connectivity index (χ2v) is 7.29. The molecule has 1 amide bonds. The Morgan fingerprint density at radius 3 is 2.65 bits per heavy atom. The van der Waals surface area contributed by atoms with Gasteiger partial charge in [0.05, 0.1) is 6.54 Å². The summed E-state index contributed by atoms with van der Waals surface area (Å²) in [5, 5.41) is 11.0. The second kappa shape index (κ2) is 6.71. The quantitative estimate of drug-likeness (QED) is 0.855. The van der Waals surface area contributed by atoms with Crippen LogP contribution in [0.5, 0.6) is 0 Å². The highest BCUT2D eigenvalue weighted by atomic mass is 16.5. The SMILES string of the molecule is Cc1cc(NC(=O)CN2CCC(c3nn(C)c(=O)n3C3CC3)CC2)no1. The van der Waals surface area contributed by atoms with Crippen LogP contribution in [0.2, 0.25) is 0 Å². The van der Waals surface area contributed by atoms with Crippen molar-refractivity contribution in [2.45, 2.75) is 44.6 Å². The predicted octanol–water partition coefficient (Wildman–Crippen LogP) is 1.03. The van der Waals surface area contributed by atoms with Crippen molar-refractivity contribution in [2.24, 2.45) is 7.05 Å². The molecule has 2 aliphatic rings. The number of aryl methyl sites for hydroxylation is 2. The van der Waals surface area contributed by atoms with Gasteiger partial charge in [0.15, 0.2) is 5.82 Å². The van der Waals surface area contributed by atoms with Gasteiger partial charge in [-0.05, 0) is 45.7 Å². The monoisotopic (exact) mass is 360 g/mol. The lowest BCUT2D eigenvalue weighted by Crippen LogP contribution is -2.39. The molecular formula is C17H24N6O3. The van der Waals surface area contributed by atoms with Crippen molar-refractivity contribution >= 4 is 11.7 Å². The van der Waals surface area contributed by atoms with Crippen LogP contribution in [0.3, 0.4) is 0 Å². The van der Waals surface area contributed by atoms with E-state index < -0.39 is 0 Å². The van der Waals surface area contributed by atoms with E-state index in [0.29, 0.717) is 24.2 Å². The highest BCUT2D eigenvalue weighted by Crippen LogP contribution is 2.37. The van der Waals surface area contributed by atoms with Crippen molar-refractivity contribution in [1.82, 2.24) is 24.4 Å². The van der Waals surface area contributed by atoms with E-state index in [1.165, 1.54) is 4.68 Å². The van der Waals surface area contributed by atoms with Crippen LogP contribution < -0.4 is 11.0 Å². The molecule has 1 N–H and O–H groups in total. The fourth-order valence-corrected chi connectivity index (χ4v) is 3.61. The molecule has 3 heterocycles. The Labute approximate surface area is 150 Å². The molecule has 0 spiro atoms. The summed E-state index contributed by atoms with van der Waals surface area (Å²) in [6, 6.07) is 2.03. The molecule has 0 unspecified atom stereocenters. The lowest BCUT2D eigenvalue weighted by atomic mass is 9.96. The maximum Gasteiger partial charge on any atom is 0.345 e. The molecule has 140 valence electrons. The lowest BCUT2D eigenvalue weighted by Gasteiger charge is -2.30. The predicted molar refractivity (Wildman–Crippen MR) is 94.0 cm³/mol. The van der Waals surface area contributed by atoms with Crippen LogP contribution in [0.1, 0.15) is 49.2 Å². The molecule has 0 aromatic carbocycles. The molecule has 2 fully saturated rings. The summed E-state index contributed by atoms with van der Waals surface area (Å²) in [7, 11) is 1.72. The molecule has 1 aliphatic heterocycles. The standard InChI is InChI=1S/C17H24N6O3/c1-11-9-14(20-26-11)18-15(24)10-22-7-5-12(6-8-22)16-19-21(2)17(25)23(16)13-3-4-13/h9,12-13H,3-8,10H2,1-2H3,(H,18,20,24). The number of amides is 1. The zero-order valence-electron chi connectivity index (χ0n) is 15.1. The number of likely N-dealkylation sites (tertiary alicyclic amines) is 1. The summed E-state index contributed by atoms with van der Waals surface area (Å²) >= 11 is 0. The first-order valence-electron chi connectivity index (χ1n) is 9.12. The van der Waals surface area contributed by atoms with Crippen LogP contribution >= 0.6 is 0 Å². The van der Waals surface area contributed by atoms with Gasteiger partial charge in [-0.1, -0.05) is 5.16 Å². The van der Waals surface area contributed by atoms with Crippen molar-refractivity contribution in [1.29, 1.82) is 0 Å². The van der Waals surface area contributed by atoms with Crippen LogP contribution in [-0.4, -0.2) is 49.9 Å². The zero-order chi connectivity index (χ0) is 18.3. The molecule has 2 aromatic rings. The number of anilines is 1. The van der Waals surface area contributed by atoms with Crippen LogP contribution in [0.25, 0.3) is 0 Å². The fourth-order valence-electron chi connectivity index (χ4n) is 3.61. The minimum Gasteiger partial charge on any atom is -0.360 e. The van der Waals surface area contributed by atoms with Gasteiger partial charge in [-0.15, -0.1) is 0 Å². The van der Waals surface area contributed by atoms with Gasteiger partial charge in [0.2, 0.25) is 5.91 Å². The number of nitrogens with zero attached hydrogens (tertiary/aromatic N) is 5. The maximum absolute atomic E-state index is 12.3. The van der Waals surface area contributed by atoms with Gasteiger partial charge >= 0.3 is 5.69 Å². The highest BCUT2D eigenvalue weighted by molar-refractivity contribution is 5.91. The molecule has 2 aromatic heterocycles. The summed E-state index contributed by atoms with van der Waals surface area (Å²) in [5.74, 6) is 2.22. The van der Waals surface area contributed by atoms with E-state index in [9.17, 15) is 9.59 Å². The first-order valence-corrected chi connectivity index (χ1v) is 9.12. The van der Waals surface area contributed by atoms with E-state index in [4.69, 9.17) is 4.52 Å². The van der Waals surface area contributed by atoms with Gasteiger partial charge in [-0.3, -0.25) is 14.3 Å². The number of nitrogens with one attached hydrogen (secondary N) is 1. The normalized spacial score (nSPS) is 19.0. The number of carbonyl (C=O) groups excluding carboxylic acids is 1. The van der Waals surface area contributed by atoms with E-state index >= 15 is 0 Å². The molecule has 1 saturated carbocycles. The molecule has 0 atom stereocenters. The van der Waals surface area contributed by atoms with Crippen molar-refractivity contribution in [3.8, 4) is 0 Å². The Morgan fingerprint density at radius 2 is 2.04 bits per heavy atom. The Bertz CT molecular complexity index is 854. The molecule has 0 radical (unpaired) electrons. The highest BCUT2D eigenvalue weighted by Gasteiger charge is 2.33. The third-order valence-corrected chi connectivity index (χ3v) is 5.11. The Morgan fingerprint density at radius 1 is 1.31 bits per heavy atom. The zero-order valence-corrected chi connectivity index (χ0v) is 15.1. The van der Waals surface area contributed by atoms with Crippen molar-refractivity contribution in [3.05, 3.63) is 28.1 Å². The topological polar surface area (TPSA) is 98.2 Å². The van der Waals surface area contributed by atoms with Gasteiger partial charge < -0.3 is 9.84 Å². The van der Waals surface area contributed by atoms with Gasteiger partial charge in [-0.25, -0.2) is 9.48 Å². The molecule has 0 bridgehead atoms. The second-order valence-electron chi connectivity index (χ2n) is 7.29. The van der Waals surface area contributed by atoms with Crippen LogP contribution in [0, 0.1) is 6.92 Å². The largest absolute Gasteiger partial charge is 0.360 e. The van der Waals surface area contributed by atoms with Gasteiger partial charge in [0, 0.05) is 25.1 Å². The molecule has 1 aliphatic carbocycles. The number of carbonyl (C=O) groups is 1. The van der Waals surface area contributed by atoms with Crippen molar-refractivity contribution < 1.29 is 9.32 Å². The van der Waals surface area contributed by atoms with Crippen molar-refractivity contribution in [3.63, 3.8) is 0 Å². The number of hydrogen-bond donors (Lipinski definition) is 1. The smallest absolute Gasteiger partial charge is 0.345 e. The molecule has 9 nitrogen and oxygen atoms in total. The third-order valence-electron chi connectivity index (χ3n) is 5.11. The van der Waals surface area contributed by atoms with E-state index in [0.717, 1.165) is 44.6 Å². The average molecular weight is 360 g/mol. The Balaban J connectivity index is 1.34. The minimum atomic E-state index is -0.0931. The van der Waals surface area contributed by atoms with Crippen LogP contribution in [-0.2, 0) is 11.8 Å². The van der Waals surface area contributed by atoms with E-state index in [2.05, 4.69) is 20.5 Å².